The Balaban J connectivity index is 2.07. The Labute approximate surface area is 123 Å². The summed E-state index contributed by atoms with van der Waals surface area (Å²) in [6.45, 7) is 2.95. The zero-order valence-corrected chi connectivity index (χ0v) is 11.8. The molecule has 1 aromatic carbocycles. The third-order valence-electron chi connectivity index (χ3n) is 2.85. The average Bonchev–Trinajstić information content (AvgIpc) is 2.48. The number of hydrogen-bond acceptors (Lipinski definition) is 5. The van der Waals surface area contributed by atoms with Gasteiger partial charge >= 0.3 is 5.97 Å². The fourth-order valence-electron chi connectivity index (χ4n) is 1.77. The van der Waals surface area contributed by atoms with Crippen LogP contribution in [0.2, 0.25) is 0 Å². The predicted molar refractivity (Wildman–Crippen MR) is 82.1 cm³/mol. The average molecular weight is 286 g/mol. The highest BCUT2D eigenvalue weighted by molar-refractivity contribution is 5.89. The number of unbranched alkanes of at least 4 members (excludes halogenated alkanes) is 1. The smallest absolute Gasteiger partial charge is 0.335 e. The summed E-state index contributed by atoms with van der Waals surface area (Å²) in [4.78, 5) is 19.4. The van der Waals surface area contributed by atoms with E-state index in [0.717, 1.165) is 19.4 Å². The number of nitrogens with one attached hydrogen (secondary N) is 2. The third-order valence-corrected chi connectivity index (χ3v) is 2.85. The van der Waals surface area contributed by atoms with Crippen molar-refractivity contribution in [3.63, 3.8) is 0 Å². The van der Waals surface area contributed by atoms with E-state index in [0.29, 0.717) is 17.5 Å². The first-order chi connectivity index (χ1) is 10.2. The molecule has 2 aromatic rings. The normalized spacial score (nSPS) is 10.1. The van der Waals surface area contributed by atoms with Crippen molar-refractivity contribution in [2.75, 3.05) is 17.2 Å². The van der Waals surface area contributed by atoms with Gasteiger partial charge in [-0.2, -0.15) is 4.98 Å². The van der Waals surface area contributed by atoms with Gasteiger partial charge in [0.1, 0.15) is 5.82 Å². The lowest BCUT2D eigenvalue weighted by molar-refractivity contribution is 0.0697. The molecule has 0 atom stereocenters. The molecule has 0 aliphatic rings. The van der Waals surface area contributed by atoms with Crippen LogP contribution in [0, 0.1) is 0 Å². The van der Waals surface area contributed by atoms with Gasteiger partial charge in [0.15, 0.2) is 0 Å². The van der Waals surface area contributed by atoms with Crippen molar-refractivity contribution in [2.45, 2.75) is 19.8 Å². The molecule has 1 heterocycles. The van der Waals surface area contributed by atoms with Crippen LogP contribution < -0.4 is 10.6 Å². The van der Waals surface area contributed by atoms with Crippen LogP contribution in [0.25, 0.3) is 0 Å². The van der Waals surface area contributed by atoms with Crippen LogP contribution in [0.4, 0.5) is 17.5 Å². The zero-order chi connectivity index (χ0) is 15.1. The molecule has 2 rings (SSSR count). The molecule has 0 aliphatic carbocycles. The number of carboxylic acid groups (broad SMARTS) is 1. The topological polar surface area (TPSA) is 87.1 Å². The van der Waals surface area contributed by atoms with Crippen molar-refractivity contribution in [3.8, 4) is 0 Å². The molecule has 21 heavy (non-hydrogen) atoms. The van der Waals surface area contributed by atoms with Crippen LogP contribution in [-0.2, 0) is 0 Å². The summed E-state index contributed by atoms with van der Waals surface area (Å²) in [5.41, 5.74) is 0.906. The second-order valence-corrected chi connectivity index (χ2v) is 4.56. The van der Waals surface area contributed by atoms with E-state index >= 15 is 0 Å². The van der Waals surface area contributed by atoms with Gasteiger partial charge < -0.3 is 15.7 Å². The number of nitrogens with zero attached hydrogens (tertiary/aromatic N) is 2. The molecule has 1 aromatic heterocycles. The monoisotopic (exact) mass is 286 g/mol. The van der Waals surface area contributed by atoms with Crippen molar-refractivity contribution in [2.24, 2.45) is 0 Å². The Morgan fingerprint density at radius 1 is 1.33 bits per heavy atom. The number of hydrogen-bond donors (Lipinski definition) is 3. The Hall–Kier alpha value is -2.63. The van der Waals surface area contributed by atoms with Crippen molar-refractivity contribution in [1.82, 2.24) is 9.97 Å². The molecule has 0 fully saturated rings. The van der Waals surface area contributed by atoms with E-state index in [-0.39, 0.29) is 5.56 Å². The minimum atomic E-state index is -0.955. The lowest BCUT2D eigenvalue weighted by Crippen LogP contribution is -2.06. The first-order valence-corrected chi connectivity index (χ1v) is 6.86. The molecule has 0 spiro atoms. The van der Waals surface area contributed by atoms with Gasteiger partial charge in [-0.15, -0.1) is 0 Å². The van der Waals surface area contributed by atoms with Crippen molar-refractivity contribution in [3.05, 3.63) is 42.1 Å². The number of anilines is 3. The van der Waals surface area contributed by atoms with E-state index in [1.165, 1.54) is 0 Å². The van der Waals surface area contributed by atoms with Gasteiger partial charge in [0.25, 0.3) is 0 Å². The number of aromatic carboxylic acids is 1. The van der Waals surface area contributed by atoms with Crippen LogP contribution in [0.1, 0.15) is 30.1 Å². The number of carboxylic acids is 1. The highest BCUT2D eigenvalue weighted by atomic mass is 16.4. The Morgan fingerprint density at radius 2 is 2.19 bits per heavy atom. The molecule has 6 heteroatoms. The standard InChI is InChI=1S/C15H18N4O2/c1-2-3-8-16-15-17-9-7-13(19-15)18-12-6-4-5-11(10-12)14(20)21/h4-7,9-10H,2-3,8H2,1H3,(H,20,21)(H2,16,17,18,19). The van der Waals surface area contributed by atoms with Gasteiger partial charge in [-0.05, 0) is 30.7 Å². The van der Waals surface area contributed by atoms with Crippen LogP contribution in [0.5, 0.6) is 0 Å². The minimum Gasteiger partial charge on any atom is -0.478 e. The molecule has 0 unspecified atom stereocenters. The third kappa shape index (κ3) is 4.45. The molecule has 6 nitrogen and oxygen atoms in total. The number of benzene rings is 1. The molecule has 110 valence electrons. The summed E-state index contributed by atoms with van der Waals surface area (Å²) < 4.78 is 0. The van der Waals surface area contributed by atoms with Crippen molar-refractivity contribution in [1.29, 1.82) is 0 Å². The SMILES string of the molecule is CCCCNc1nccc(Nc2cccc(C(=O)O)c2)n1. The fourth-order valence-corrected chi connectivity index (χ4v) is 1.77. The van der Waals surface area contributed by atoms with Crippen molar-refractivity contribution < 1.29 is 9.90 Å². The van der Waals surface area contributed by atoms with E-state index in [9.17, 15) is 4.79 Å². The van der Waals surface area contributed by atoms with Gasteiger partial charge in [0.2, 0.25) is 5.95 Å². The van der Waals surface area contributed by atoms with E-state index in [4.69, 9.17) is 5.11 Å². The summed E-state index contributed by atoms with van der Waals surface area (Å²) in [5.74, 6) is 0.220. The molecule has 0 saturated heterocycles. The summed E-state index contributed by atoms with van der Waals surface area (Å²) in [7, 11) is 0. The molecular weight excluding hydrogens is 268 g/mol. The second-order valence-electron chi connectivity index (χ2n) is 4.56. The maximum Gasteiger partial charge on any atom is 0.335 e. The first kappa shape index (κ1) is 14.8. The lowest BCUT2D eigenvalue weighted by atomic mass is 10.2. The van der Waals surface area contributed by atoms with E-state index in [1.54, 1.807) is 36.5 Å². The highest BCUT2D eigenvalue weighted by Crippen LogP contribution is 2.16. The molecule has 0 radical (unpaired) electrons. The molecule has 0 saturated carbocycles. The minimum absolute atomic E-state index is 0.232. The van der Waals surface area contributed by atoms with Gasteiger partial charge in [-0.3, -0.25) is 0 Å². The molecule has 3 N–H and O–H groups in total. The summed E-state index contributed by atoms with van der Waals surface area (Å²) in [6.07, 6.45) is 3.82. The van der Waals surface area contributed by atoms with E-state index in [1.807, 2.05) is 0 Å². The van der Waals surface area contributed by atoms with Gasteiger partial charge in [0, 0.05) is 18.4 Å². The number of carbonyl (C=O) groups is 1. The first-order valence-electron chi connectivity index (χ1n) is 6.86. The molecule has 0 aliphatic heterocycles. The summed E-state index contributed by atoms with van der Waals surface area (Å²) >= 11 is 0. The Morgan fingerprint density at radius 3 is 2.95 bits per heavy atom. The molecule has 0 bridgehead atoms. The highest BCUT2D eigenvalue weighted by Gasteiger charge is 2.04. The van der Waals surface area contributed by atoms with Gasteiger partial charge in [-0.1, -0.05) is 19.4 Å². The maximum atomic E-state index is 10.9. The molecular formula is C15H18N4O2. The quantitative estimate of drug-likeness (QED) is 0.678. The Bertz CT molecular complexity index is 616. The summed E-state index contributed by atoms with van der Waals surface area (Å²) in [6, 6.07) is 8.32. The maximum absolute atomic E-state index is 10.9. The predicted octanol–water partition coefficient (Wildman–Crippen LogP) is 3.13. The lowest BCUT2D eigenvalue weighted by Gasteiger charge is -2.08. The van der Waals surface area contributed by atoms with E-state index in [2.05, 4.69) is 27.5 Å². The largest absolute Gasteiger partial charge is 0.478 e. The second kappa shape index (κ2) is 7.23. The van der Waals surface area contributed by atoms with Gasteiger partial charge in [-0.25, -0.2) is 9.78 Å². The van der Waals surface area contributed by atoms with Crippen LogP contribution in [-0.4, -0.2) is 27.6 Å². The van der Waals surface area contributed by atoms with Crippen LogP contribution in [0.15, 0.2) is 36.5 Å². The Kier molecular flexibility index (Phi) is 5.09. The van der Waals surface area contributed by atoms with Crippen molar-refractivity contribution >= 4 is 23.4 Å². The number of aromatic nitrogens is 2. The zero-order valence-electron chi connectivity index (χ0n) is 11.8. The van der Waals surface area contributed by atoms with Gasteiger partial charge in [0.05, 0.1) is 5.56 Å². The van der Waals surface area contributed by atoms with E-state index < -0.39 is 5.97 Å². The van der Waals surface area contributed by atoms with Crippen LogP contribution in [0.3, 0.4) is 0 Å². The van der Waals surface area contributed by atoms with Crippen LogP contribution >= 0.6 is 0 Å². The fraction of sp³-hybridized carbons (Fsp3) is 0.267. The summed E-state index contributed by atoms with van der Waals surface area (Å²) in [5, 5.41) is 15.2. The number of rotatable bonds is 7. The molecule has 0 amide bonds.